The molecule has 138 valence electrons. The van der Waals surface area contributed by atoms with Gasteiger partial charge in [-0.2, -0.15) is 0 Å². The Balaban J connectivity index is 1.64. The van der Waals surface area contributed by atoms with E-state index in [1.54, 1.807) is 0 Å². The summed E-state index contributed by atoms with van der Waals surface area (Å²) >= 11 is 0. The first-order valence-corrected chi connectivity index (χ1v) is 8.99. The average Bonchev–Trinajstić information content (AvgIpc) is 3.19. The van der Waals surface area contributed by atoms with Gasteiger partial charge in [-0.1, -0.05) is 36.4 Å². The monoisotopic (exact) mass is 362 g/mol. The van der Waals surface area contributed by atoms with E-state index in [0.29, 0.717) is 25.2 Å². The van der Waals surface area contributed by atoms with Crippen molar-refractivity contribution in [3.05, 3.63) is 87.6 Å². The maximum Gasteiger partial charge on any atom is 0.328 e. The van der Waals surface area contributed by atoms with E-state index < -0.39 is 0 Å². The summed E-state index contributed by atoms with van der Waals surface area (Å²) in [6.07, 6.45) is 3.24. The van der Waals surface area contributed by atoms with Gasteiger partial charge in [0.05, 0.1) is 12.2 Å². The highest BCUT2D eigenvalue weighted by atomic mass is 16.3. The van der Waals surface area contributed by atoms with Crippen LogP contribution in [0.3, 0.4) is 0 Å². The van der Waals surface area contributed by atoms with E-state index >= 15 is 0 Å². The molecule has 0 spiro atoms. The van der Waals surface area contributed by atoms with Gasteiger partial charge in [-0.25, -0.2) is 4.79 Å². The molecule has 0 fully saturated rings. The Morgan fingerprint density at radius 2 is 1.89 bits per heavy atom. The molecule has 27 heavy (non-hydrogen) atoms. The van der Waals surface area contributed by atoms with E-state index in [-0.39, 0.29) is 11.6 Å². The number of aromatic hydroxyl groups is 1. The number of aromatic nitrogens is 3. The van der Waals surface area contributed by atoms with Crippen LogP contribution in [0.1, 0.15) is 22.4 Å². The molecule has 4 rings (SSSR count). The summed E-state index contributed by atoms with van der Waals surface area (Å²) < 4.78 is 1.37. The lowest BCUT2D eigenvalue weighted by Crippen LogP contribution is -2.17. The molecule has 0 amide bonds. The van der Waals surface area contributed by atoms with Crippen LogP contribution in [0.15, 0.2) is 59.5 Å². The van der Waals surface area contributed by atoms with Crippen molar-refractivity contribution in [3.8, 4) is 5.88 Å². The molecule has 4 aromatic rings. The summed E-state index contributed by atoms with van der Waals surface area (Å²) in [6.45, 7) is 0.886. The van der Waals surface area contributed by atoms with Gasteiger partial charge < -0.3 is 20.8 Å². The van der Waals surface area contributed by atoms with E-state index in [9.17, 15) is 9.90 Å². The van der Waals surface area contributed by atoms with Gasteiger partial charge in [-0.05, 0) is 41.8 Å². The Kier molecular flexibility index (Phi) is 4.56. The third-order valence-electron chi connectivity index (χ3n) is 4.84. The molecule has 0 unspecified atom stereocenters. The number of rotatable bonds is 6. The van der Waals surface area contributed by atoms with Crippen LogP contribution in [0.5, 0.6) is 5.88 Å². The highest BCUT2D eigenvalue weighted by molar-refractivity contribution is 5.83. The predicted molar refractivity (Wildman–Crippen MR) is 106 cm³/mol. The number of nitrogens with two attached hydrogens (primary N) is 1. The third kappa shape index (κ3) is 3.39. The zero-order valence-electron chi connectivity index (χ0n) is 14.9. The number of fused-ring (bicyclic) bond motifs is 1. The molecule has 2 heterocycles. The maximum atomic E-state index is 12.4. The molecular formula is C21H22N4O2. The smallest absolute Gasteiger partial charge is 0.328 e. The molecule has 0 aliphatic carbocycles. The number of aromatic amines is 2. The van der Waals surface area contributed by atoms with E-state index in [2.05, 4.69) is 9.97 Å². The fourth-order valence-corrected chi connectivity index (χ4v) is 3.45. The highest BCUT2D eigenvalue weighted by Crippen LogP contribution is 2.22. The molecule has 0 saturated heterocycles. The van der Waals surface area contributed by atoms with Crippen LogP contribution in [0.2, 0.25) is 0 Å². The van der Waals surface area contributed by atoms with Crippen molar-refractivity contribution in [2.45, 2.75) is 19.4 Å². The number of H-pyrrole nitrogens is 2. The number of nitrogens with zero attached hydrogens (tertiary/aromatic N) is 1. The van der Waals surface area contributed by atoms with Gasteiger partial charge >= 0.3 is 5.69 Å². The van der Waals surface area contributed by atoms with Gasteiger partial charge in [-0.15, -0.1) is 0 Å². The van der Waals surface area contributed by atoms with Crippen molar-refractivity contribution in [2.24, 2.45) is 5.73 Å². The van der Waals surface area contributed by atoms with Crippen molar-refractivity contribution in [2.75, 3.05) is 6.54 Å². The summed E-state index contributed by atoms with van der Waals surface area (Å²) in [5, 5.41) is 11.7. The summed E-state index contributed by atoms with van der Waals surface area (Å²) in [5.41, 5.74) is 10.1. The van der Waals surface area contributed by atoms with Crippen LogP contribution >= 0.6 is 0 Å². The van der Waals surface area contributed by atoms with Crippen molar-refractivity contribution < 1.29 is 5.11 Å². The van der Waals surface area contributed by atoms with Crippen LogP contribution in [0.25, 0.3) is 10.9 Å². The summed E-state index contributed by atoms with van der Waals surface area (Å²) in [6, 6.07) is 15.7. The lowest BCUT2D eigenvalue weighted by atomic mass is 10.1. The van der Waals surface area contributed by atoms with Crippen LogP contribution in [-0.4, -0.2) is 26.2 Å². The SMILES string of the molecule is NCCc1c[nH]c2ccc(Cn3c(O)c(Cc4ccccc4)[nH]c3=O)cc12. The maximum absolute atomic E-state index is 12.4. The Hall–Kier alpha value is -3.25. The first-order valence-electron chi connectivity index (χ1n) is 8.99. The fourth-order valence-electron chi connectivity index (χ4n) is 3.45. The molecule has 5 N–H and O–H groups in total. The summed E-state index contributed by atoms with van der Waals surface area (Å²) in [4.78, 5) is 18.4. The van der Waals surface area contributed by atoms with Crippen molar-refractivity contribution in [1.82, 2.24) is 14.5 Å². The first kappa shape index (κ1) is 17.2. The molecule has 0 saturated carbocycles. The van der Waals surface area contributed by atoms with Gasteiger partial charge in [-0.3, -0.25) is 4.57 Å². The summed E-state index contributed by atoms with van der Waals surface area (Å²) in [7, 11) is 0. The molecule has 2 aromatic heterocycles. The third-order valence-corrected chi connectivity index (χ3v) is 4.84. The number of hydrogen-bond acceptors (Lipinski definition) is 3. The Morgan fingerprint density at radius 1 is 1.07 bits per heavy atom. The summed E-state index contributed by atoms with van der Waals surface area (Å²) in [5.74, 6) is -0.0137. The second kappa shape index (κ2) is 7.17. The van der Waals surface area contributed by atoms with Gasteiger partial charge in [0, 0.05) is 23.5 Å². The minimum Gasteiger partial charge on any atom is -0.493 e. The quantitative estimate of drug-likeness (QED) is 0.424. The van der Waals surface area contributed by atoms with Crippen molar-refractivity contribution >= 4 is 10.9 Å². The molecule has 6 heteroatoms. The average molecular weight is 362 g/mol. The van der Waals surface area contributed by atoms with Crippen molar-refractivity contribution in [3.63, 3.8) is 0 Å². The number of hydrogen-bond donors (Lipinski definition) is 4. The van der Waals surface area contributed by atoms with Crippen LogP contribution in [-0.2, 0) is 19.4 Å². The Morgan fingerprint density at radius 3 is 2.67 bits per heavy atom. The van der Waals surface area contributed by atoms with Crippen molar-refractivity contribution in [1.29, 1.82) is 0 Å². The lowest BCUT2D eigenvalue weighted by Gasteiger charge is -2.06. The molecule has 0 bridgehead atoms. The number of imidazole rings is 1. The molecule has 2 aromatic carbocycles. The second-order valence-corrected chi connectivity index (χ2v) is 6.71. The largest absolute Gasteiger partial charge is 0.493 e. The Labute approximate surface area is 156 Å². The van der Waals surface area contributed by atoms with Crippen LogP contribution in [0, 0.1) is 0 Å². The zero-order chi connectivity index (χ0) is 18.8. The molecule has 0 aliphatic rings. The van der Waals surface area contributed by atoms with Crippen LogP contribution in [0.4, 0.5) is 0 Å². The van der Waals surface area contributed by atoms with Gasteiger partial charge in [0.1, 0.15) is 0 Å². The number of benzene rings is 2. The van der Waals surface area contributed by atoms with E-state index in [1.807, 2.05) is 54.7 Å². The predicted octanol–water partition coefficient (Wildman–Crippen LogP) is 2.50. The topological polar surface area (TPSA) is 99.8 Å². The Bertz CT molecular complexity index is 1120. The zero-order valence-corrected chi connectivity index (χ0v) is 14.9. The van der Waals surface area contributed by atoms with Crippen LogP contribution < -0.4 is 11.4 Å². The molecule has 6 nitrogen and oxygen atoms in total. The minimum atomic E-state index is -0.310. The standard InChI is InChI=1S/C21H22N4O2/c22-9-8-16-12-23-18-7-6-15(10-17(16)18)13-25-20(26)19(24-21(25)27)11-14-4-2-1-3-5-14/h1-7,10,12,23,26H,8-9,11,13,22H2,(H,24,27). The van der Waals surface area contributed by atoms with Gasteiger partial charge in [0.25, 0.3) is 0 Å². The first-order chi connectivity index (χ1) is 13.2. The molecule has 0 aliphatic heterocycles. The lowest BCUT2D eigenvalue weighted by molar-refractivity contribution is 0.417. The molecular weight excluding hydrogens is 340 g/mol. The van der Waals surface area contributed by atoms with Gasteiger partial charge in [0.15, 0.2) is 0 Å². The van der Waals surface area contributed by atoms with E-state index in [1.165, 1.54) is 4.57 Å². The second-order valence-electron chi connectivity index (χ2n) is 6.71. The number of nitrogens with one attached hydrogen (secondary N) is 2. The molecule has 0 atom stereocenters. The molecule has 0 radical (unpaired) electrons. The fraction of sp³-hybridized carbons (Fsp3) is 0.190. The highest BCUT2D eigenvalue weighted by Gasteiger charge is 2.14. The minimum absolute atomic E-state index is 0.0137. The normalized spacial score (nSPS) is 11.3. The van der Waals surface area contributed by atoms with Gasteiger partial charge in [0.2, 0.25) is 5.88 Å². The van der Waals surface area contributed by atoms with E-state index in [4.69, 9.17) is 5.73 Å². The van der Waals surface area contributed by atoms with E-state index in [0.717, 1.165) is 34.0 Å².